The lowest BCUT2D eigenvalue weighted by atomic mass is 9.99. The summed E-state index contributed by atoms with van der Waals surface area (Å²) in [7, 11) is 1.77. The number of anilines is 1. The molecule has 0 aliphatic carbocycles. The van der Waals surface area contributed by atoms with Gasteiger partial charge in [-0.3, -0.25) is 4.57 Å². The molecule has 0 amide bonds. The van der Waals surface area contributed by atoms with Crippen molar-refractivity contribution in [2.24, 2.45) is 13.0 Å². The second kappa shape index (κ2) is 4.75. The van der Waals surface area contributed by atoms with Crippen molar-refractivity contribution in [3.8, 4) is 0 Å². The fourth-order valence-electron chi connectivity index (χ4n) is 2.30. The summed E-state index contributed by atoms with van der Waals surface area (Å²) in [5.74, 6) is 1.14. The third kappa shape index (κ3) is 2.07. The molecule has 2 rings (SSSR count). The zero-order valence-corrected chi connectivity index (χ0v) is 10.5. The van der Waals surface area contributed by atoms with Gasteiger partial charge >= 0.3 is 5.82 Å². The molecule has 1 fully saturated rings. The number of hydrogen-bond acceptors (Lipinski definition) is 5. The summed E-state index contributed by atoms with van der Waals surface area (Å²) in [5, 5.41) is 11.0. The number of nitro groups is 1. The summed E-state index contributed by atoms with van der Waals surface area (Å²) in [6.45, 7) is 3.06. The highest BCUT2D eigenvalue weighted by Crippen LogP contribution is 2.30. The average Bonchev–Trinajstić information content (AvgIpc) is 2.66. The highest BCUT2D eigenvalue weighted by atomic mass is 16.6. The van der Waals surface area contributed by atoms with E-state index in [-0.39, 0.29) is 11.7 Å². The molecule has 7 nitrogen and oxygen atoms in total. The molecule has 0 saturated carbocycles. The fraction of sp³-hybridized carbons (Fsp3) is 0.636. The highest BCUT2D eigenvalue weighted by Gasteiger charge is 2.30. The third-order valence-electron chi connectivity index (χ3n) is 3.48. The molecular formula is C11H16N4O3. The van der Waals surface area contributed by atoms with Gasteiger partial charge < -0.3 is 19.8 Å². The van der Waals surface area contributed by atoms with Crippen LogP contribution >= 0.6 is 0 Å². The van der Waals surface area contributed by atoms with Crippen molar-refractivity contribution >= 4 is 17.9 Å². The van der Waals surface area contributed by atoms with Gasteiger partial charge in [-0.15, -0.1) is 0 Å². The number of piperidine rings is 1. The number of imidazole rings is 1. The lowest BCUT2D eigenvalue weighted by Crippen LogP contribution is -2.35. The predicted molar refractivity (Wildman–Crippen MR) is 65.6 cm³/mol. The minimum absolute atomic E-state index is 0.0784. The summed E-state index contributed by atoms with van der Waals surface area (Å²) < 4.78 is 1.74. The van der Waals surface area contributed by atoms with Crippen LogP contribution in [0.15, 0.2) is 0 Å². The van der Waals surface area contributed by atoms with Crippen LogP contribution in [0.4, 0.5) is 11.6 Å². The van der Waals surface area contributed by atoms with Gasteiger partial charge in [0.2, 0.25) is 11.6 Å². The Morgan fingerprint density at radius 3 is 2.56 bits per heavy atom. The Labute approximate surface area is 105 Å². The summed E-state index contributed by atoms with van der Waals surface area (Å²) in [5.41, 5.74) is 0. The Hall–Kier alpha value is -1.92. The Balaban J connectivity index is 2.28. The van der Waals surface area contributed by atoms with E-state index >= 15 is 0 Å². The molecular weight excluding hydrogens is 236 g/mol. The molecule has 0 unspecified atom stereocenters. The van der Waals surface area contributed by atoms with Crippen molar-refractivity contribution < 1.29 is 9.72 Å². The molecule has 0 N–H and O–H groups in total. The average molecular weight is 252 g/mol. The molecule has 1 aliphatic rings. The van der Waals surface area contributed by atoms with Gasteiger partial charge in [-0.25, -0.2) is 0 Å². The van der Waals surface area contributed by atoms with Crippen LogP contribution in [0.5, 0.6) is 0 Å². The van der Waals surface area contributed by atoms with Gasteiger partial charge in [-0.1, -0.05) is 0 Å². The maximum absolute atomic E-state index is 11.0. The third-order valence-corrected chi connectivity index (χ3v) is 3.48. The van der Waals surface area contributed by atoms with Crippen LogP contribution in [0.2, 0.25) is 0 Å². The van der Waals surface area contributed by atoms with E-state index in [1.54, 1.807) is 18.5 Å². The van der Waals surface area contributed by atoms with Crippen molar-refractivity contribution in [1.29, 1.82) is 0 Å². The van der Waals surface area contributed by atoms with E-state index in [4.69, 9.17) is 0 Å². The van der Waals surface area contributed by atoms with E-state index < -0.39 is 4.92 Å². The van der Waals surface area contributed by atoms with E-state index in [1.165, 1.54) is 0 Å². The fourth-order valence-corrected chi connectivity index (χ4v) is 2.30. The first-order valence-corrected chi connectivity index (χ1v) is 5.92. The lowest BCUT2D eigenvalue weighted by molar-refractivity contribution is -0.388. The summed E-state index contributed by atoms with van der Waals surface area (Å²) in [4.78, 5) is 27.2. The molecule has 1 aromatic rings. The molecule has 0 radical (unpaired) electrons. The normalized spacial score (nSPS) is 16.9. The van der Waals surface area contributed by atoms with E-state index in [0.29, 0.717) is 24.7 Å². The van der Waals surface area contributed by atoms with E-state index in [1.807, 2.05) is 4.90 Å². The second-order valence-electron chi connectivity index (χ2n) is 4.58. The van der Waals surface area contributed by atoms with E-state index in [0.717, 1.165) is 19.1 Å². The molecule has 98 valence electrons. The Kier molecular flexibility index (Phi) is 3.31. The van der Waals surface area contributed by atoms with Crippen LogP contribution in [-0.4, -0.2) is 33.9 Å². The Morgan fingerprint density at radius 2 is 2.06 bits per heavy atom. The van der Waals surface area contributed by atoms with Gasteiger partial charge in [-0.2, -0.15) is 0 Å². The predicted octanol–water partition coefficient (Wildman–Crippen LogP) is 1.05. The number of carbonyl (C=O) groups excluding carboxylic acids is 1. The maximum atomic E-state index is 11.0. The van der Waals surface area contributed by atoms with E-state index in [2.05, 4.69) is 4.98 Å². The Morgan fingerprint density at radius 1 is 1.44 bits per heavy atom. The van der Waals surface area contributed by atoms with Crippen LogP contribution in [0.3, 0.4) is 0 Å². The van der Waals surface area contributed by atoms with Gasteiger partial charge in [0.25, 0.3) is 0 Å². The topological polar surface area (TPSA) is 81.3 Å². The number of hydrogen-bond donors (Lipinski definition) is 0. The second-order valence-corrected chi connectivity index (χ2v) is 4.58. The first kappa shape index (κ1) is 12.5. The molecule has 2 heterocycles. The zero-order chi connectivity index (χ0) is 13.3. The largest absolute Gasteiger partial charge is 0.406 e. The van der Waals surface area contributed by atoms with E-state index in [9.17, 15) is 14.9 Å². The quantitative estimate of drug-likeness (QED) is 0.456. The van der Waals surface area contributed by atoms with Gasteiger partial charge in [0.05, 0.1) is 0 Å². The monoisotopic (exact) mass is 252 g/mol. The molecule has 1 aliphatic heterocycles. The van der Waals surface area contributed by atoms with Crippen LogP contribution in [0, 0.1) is 23.0 Å². The van der Waals surface area contributed by atoms with Crippen molar-refractivity contribution in [1.82, 2.24) is 9.55 Å². The van der Waals surface area contributed by atoms with Crippen LogP contribution in [0.25, 0.3) is 0 Å². The molecule has 18 heavy (non-hydrogen) atoms. The molecule has 0 bridgehead atoms. The number of nitrogens with zero attached hydrogens (tertiary/aromatic N) is 4. The SMILES string of the molecule is Cc1nc([N+](=O)[O-])c(N2CCC(C=O)CC2)n1C. The van der Waals surface area contributed by atoms with Crippen LogP contribution in [0.1, 0.15) is 18.7 Å². The number of aldehydes is 1. The summed E-state index contributed by atoms with van der Waals surface area (Å²) >= 11 is 0. The highest BCUT2D eigenvalue weighted by molar-refractivity contribution is 5.58. The summed E-state index contributed by atoms with van der Waals surface area (Å²) in [6.07, 6.45) is 2.45. The smallest absolute Gasteiger partial charge is 0.358 e. The van der Waals surface area contributed by atoms with Crippen molar-refractivity contribution in [2.75, 3.05) is 18.0 Å². The minimum atomic E-state index is -0.450. The van der Waals surface area contributed by atoms with Crippen LogP contribution in [-0.2, 0) is 11.8 Å². The number of aromatic nitrogens is 2. The molecule has 0 spiro atoms. The van der Waals surface area contributed by atoms with Gasteiger partial charge in [0.15, 0.2) is 0 Å². The minimum Gasteiger partial charge on any atom is -0.358 e. The lowest BCUT2D eigenvalue weighted by Gasteiger charge is -2.30. The number of aryl methyl sites for hydroxylation is 1. The van der Waals surface area contributed by atoms with Crippen LogP contribution < -0.4 is 4.90 Å². The molecule has 1 saturated heterocycles. The van der Waals surface area contributed by atoms with Crippen molar-refractivity contribution in [3.63, 3.8) is 0 Å². The molecule has 1 aromatic heterocycles. The number of rotatable bonds is 3. The first-order chi connectivity index (χ1) is 8.54. The molecule has 0 atom stereocenters. The Bertz CT molecular complexity index is 475. The molecule has 0 aromatic carbocycles. The maximum Gasteiger partial charge on any atom is 0.406 e. The standard InChI is InChI=1S/C11H16N4O3/c1-8-12-10(15(17)18)11(13(8)2)14-5-3-9(7-16)4-6-14/h7,9H,3-6H2,1-2H3. The summed E-state index contributed by atoms with van der Waals surface area (Å²) in [6, 6.07) is 0. The first-order valence-electron chi connectivity index (χ1n) is 5.92. The van der Waals surface area contributed by atoms with Crippen molar-refractivity contribution in [3.05, 3.63) is 15.9 Å². The molecule has 7 heteroatoms. The van der Waals surface area contributed by atoms with Gasteiger partial charge in [-0.05, 0) is 22.7 Å². The zero-order valence-electron chi connectivity index (χ0n) is 10.5. The van der Waals surface area contributed by atoms with Crippen molar-refractivity contribution in [2.45, 2.75) is 19.8 Å². The number of carbonyl (C=O) groups is 1. The van der Waals surface area contributed by atoms with Gasteiger partial charge in [0.1, 0.15) is 6.29 Å². The van der Waals surface area contributed by atoms with Gasteiger partial charge in [0, 0.05) is 33.0 Å².